The summed E-state index contributed by atoms with van der Waals surface area (Å²) in [5.41, 5.74) is 4.96. The van der Waals surface area contributed by atoms with Gasteiger partial charge in [0.1, 0.15) is 5.75 Å². The molecular formula is C44H53N5O6S. The zero-order valence-corrected chi connectivity index (χ0v) is 34.0. The molecule has 0 radical (unpaired) electrons. The number of hydrogen-bond acceptors (Lipinski definition) is 10. The Morgan fingerprint density at radius 2 is 1.48 bits per heavy atom. The number of para-hydroxylation sites is 1. The molecule has 12 heteroatoms. The van der Waals surface area contributed by atoms with E-state index in [9.17, 15) is 14.4 Å². The van der Waals surface area contributed by atoms with E-state index in [0.717, 1.165) is 35.4 Å². The molecule has 11 nitrogen and oxygen atoms in total. The number of hydrogen-bond donors (Lipinski definition) is 0. The summed E-state index contributed by atoms with van der Waals surface area (Å²) in [4.78, 5) is 48.0. The van der Waals surface area contributed by atoms with Crippen LogP contribution in [0.25, 0.3) is 6.08 Å². The molecule has 0 spiro atoms. The average molecular weight is 780 g/mol. The molecule has 1 unspecified atom stereocenters. The largest absolute Gasteiger partial charge is 0.426 e. The van der Waals surface area contributed by atoms with Crippen molar-refractivity contribution in [3.63, 3.8) is 0 Å². The topological polar surface area (TPSA) is 95.1 Å². The van der Waals surface area contributed by atoms with Gasteiger partial charge in [0.2, 0.25) is 0 Å². The van der Waals surface area contributed by atoms with E-state index in [1.165, 1.54) is 10.5 Å². The quantitative estimate of drug-likeness (QED) is 0.0668. The van der Waals surface area contributed by atoms with Crippen molar-refractivity contribution in [3.05, 3.63) is 119 Å². The van der Waals surface area contributed by atoms with E-state index in [2.05, 4.69) is 55.1 Å². The number of anilines is 2. The average Bonchev–Trinajstić information content (AvgIpc) is 3.18. The van der Waals surface area contributed by atoms with E-state index in [0.29, 0.717) is 37.6 Å². The zero-order chi connectivity index (χ0) is 40.0. The van der Waals surface area contributed by atoms with E-state index in [1.807, 2.05) is 86.2 Å². The summed E-state index contributed by atoms with van der Waals surface area (Å²) in [7, 11) is 9.43. The van der Waals surface area contributed by atoms with E-state index in [-0.39, 0.29) is 30.1 Å². The van der Waals surface area contributed by atoms with Gasteiger partial charge >= 0.3 is 18.2 Å². The molecule has 5 rings (SSSR count). The summed E-state index contributed by atoms with van der Waals surface area (Å²) >= 11 is 1.69. The molecule has 1 heterocycles. The summed E-state index contributed by atoms with van der Waals surface area (Å²) in [6.45, 7) is 4.67. The fraction of sp³-hybridized carbons (Fsp3) is 0.341. The smallest absolute Gasteiger partial charge is 0.419 e. The fourth-order valence-corrected chi connectivity index (χ4v) is 6.95. The zero-order valence-electron chi connectivity index (χ0n) is 33.2. The van der Waals surface area contributed by atoms with Crippen molar-refractivity contribution in [2.24, 2.45) is 0 Å². The van der Waals surface area contributed by atoms with Gasteiger partial charge in [0, 0.05) is 50.6 Å². The molecule has 0 N–H and O–H groups in total. The summed E-state index contributed by atoms with van der Waals surface area (Å²) in [5.74, 6) is 1.48. The van der Waals surface area contributed by atoms with Crippen LogP contribution >= 0.6 is 11.8 Å². The maximum absolute atomic E-state index is 13.4. The molecule has 0 aliphatic carbocycles. The highest BCUT2D eigenvalue weighted by Crippen LogP contribution is 2.32. The van der Waals surface area contributed by atoms with Crippen LogP contribution in [0.15, 0.2) is 102 Å². The molecule has 0 aromatic heterocycles. The number of piperazine rings is 1. The lowest BCUT2D eigenvalue weighted by Crippen LogP contribution is -2.49. The van der Waals surface area contributed by atoms with Crippen LogP contribution in [0.3, 0.4) is 0 Å². The Balaban J connectivity index is 1.18. The molecule has 1 atom stereocenters. The van der Waals surface area contributed by atoms with Crippen LogP contribution in [0.2, 0.25) is 0 Å². The standard InChI is InChI=1S/C44H53N5O6S/c1-33-14-19-37(20-15-33)48-25-27-49(28-26-48)44(52)54-40-23-16-34(31-41(40)55-43(51)47(6)36-11-8-7-9-12-36)24-30-56-29-10-13-39(46(4)5)35-17-21-38(22-18-35)53-42(50)32-45(2)3/h7-9,11-12,14-24,30-31,39H,10,13,25-29,32H2,1-6H3/b30-24+. The number of aryl methyl sites for hydroxylation is 1. The van der Waals surface area contributed by atoms with Crippen LogP contribution in [0.1, 0.15) is 35.6 Å². The highest BCUT2D eigenvalue weighted by atomic mass is 32.2. The van der Waals surface area contributed by atoms with Crippen LogP contribution in [-0.4, -0.2) is 107 Å². The van der Waals surface area contributed by atoms with Crippen molar-refractivity contribution in [1.82, 2.24) is 14.7 Å². The predicted molar refractivity (Wildman–Crippen MR) is 226 cm³/mol. The number of thioether (sulfide) groups is 1. The minimum atomic E-state index is -0.605. The third-order valence-corrected chi connectivity index (χ3v) is 10.2. The number of esters is 1. The van der Waals surface area contributed by atoms with Crippen molar-refractivity contribution >= 4 is 47.4 Å². The number of ether oxygens (including phenoxy) is 3. The first-order chi connectivity index (χ1) is 27.0. The summed E-state index contributed by atoms with van der Waals surface area (Å²) in [5, 5.41) is 2.03. The van der Waals surface area contributed by atoms with Crippen molar-refractivity contribution in [2.75, 3.05) is 83.5 Å². The number of nitrogens with zero attached hydrogens (tertiary/aromatic N) is 5. The molecule has 1 fully saturated rings. The number of carbonyl (C=O) groups is 3. The molecule has 0 saturated carbocycles. The molecule has 1 aliphatic rings. The summed E-state index contributed by atoms with van der Waals surface area (Å²) < 4.78 is 17.2. The maximum Gasteiger partial charge on any atom is 0.419 e. The molecule has 2 amide bonds. The van der Waals surface area contributed by atoms with E-state index in [4.69, 9.17) is 14.2 Å². The third-order valence-electron chi connectivity index (χ3n) is 9.38. The third kappa shape index (κ3) is 12.4. The molecule has 0 bridgehead atoms. The Bertz CT molecular complexity index is 1910. The van der Waals surface area contributed by atoms with Gasteiger partial charge in [0.15, 0.2) is 11.5 Å². The van der Waals surface area contributed by atoms with Crippen LogP contribution in [-0.2, 0) is 4.79 Å². The molecule has 296 valence electrons. The van der Waals surface area contributed by atoms with Gasteiger partial charge in [-0.15, -0.1) is 11.8 Å². The number of benzene rings is 4. The molecule has 4 aromatic rings. The van der Waals surface area contributed by atoms with Gasteiger partial charge < -0.3 is 28.9 Å². The lowest BCUT2D eigenvalue weighted by atomic mass is 10.0. The van der Waals surface area contributed by atoms with Crippen molar-refractivity contribution in [3.8, 4) is 17.2 Å². The Morgan fingerprint density at radius 3 is 2.14 bits per heavy atom. The second-order valence-electron chi connectivity index (χ2n) is 14.2. The maximum atomic E-state index is 13.4. The molecule has 1 aliphatic heterocycles. The second kappa shape index (κ2) is 20.6. The SMILES string of the molecule is Cc1ccc(N2CCN(C(=O)Oc3ccc(/C=C/SCCCC(c4ccc(OC(=O)CN(C)C)cc4)N(C)C)cc3OC(=O)N(C)c3ccccc3)CC2)cc1. The molecule has 1 saturated heterocycles. The molecule has 56 heavy (non-hydrogen) atoms. The lowest BCUT2D eigenvalue weighted by molar-refractivity contribution is -0.135. The van der Waals surface area contributed by atoms with Crippen LogP contribution in [0.4, 0.5) is 21.0 Å². The Hall–Kier alpha value is -5.30. The normalized spacial score (nSPS) is 13.6. The highest BCUT2D eigenvalue weighted by Gasteiger charge is 2.25. The number of likely N-dealkylation sites (N-methyl/N-ethyl adjacent to an activating group) is 1. The van der Waals surface area contributed by atoms with E-state index >= 15 is 0 Å². The minimum absolute atomic E-state index is 0.156. The van der Waals surface area contributed by atoms with E-state index < -0.39 is 12.2 Å². The van der Waals surface area contributed by atoms with Gasteiger partial charge in [-0.05, 0) is 125 Å². The second-order valence-corrected chi connectivity index (χ2v) is 15.2. The van der Waals surface area contributed by atoms with Gasteiger partial charge in [-0.2, -0.15) is 0 Å². The number of carbonyl (C=O) groups excluding carboxylic acids is 3. The van der Waals surface area contributed by atoms with Crippen molar-refractivity contribution in [1.29, 1.82) is 0 Å². The van der Waals surface area contributed by atoms with Gasteiger partial charge in [-0.25, -0.2) is 9.59 Å². The Labute approximate surface area is 335 Å². The van der Waals surface area contributed by atoms with Crippen molar-refractivity contribution in [2.45, 2.75) is 25.8 Å². The van der Waals surface area contributed by atoms with Crippen LogP contribution in [0.5, 0.6) is 17.2 Å². The summed E-state index contributed by atoms with van der Waals surface area (Å²) in [6.07, 6.45) is 2.78. The predicted octanol–water partition coefficient (Wildman–Crippen LogP) is 8.21. The number of rotatable bonds is 15. The summed E-state index contributed by atoms with van der Waals surface area (Å²) in [6, 6.07) is 30.8. The first-order valence-electron chi connectivity index (χ1n) is 18.8. The monoisotopic (exact) mass is 779 g/mol. The van der Waals surface area contributed by atoms with Crippen molar-refractivity contribution < 1.29 is 28.6 Å². The Morgan fingerprint density at radius 1 is 0.786 bits per heavy atom. The highest BCUT2D eigenvalue weighted by molar-refractivity contribution is 8.02. The fourth-order valence-electron chi connectivity index (χ4n) is 6.23. The molecular weight excluding hydrogens is 727 g/mol. The number of amides is 2. The first kappa shape index (κ1) is 41.9. The van der Waals surface area contributed by atoms with Gasteiger partial charge in [0.25, 0.3) is 0 Å². The Kier molecular flexibility index (Phi) is 15.4. The van der Waals surface area contributed by atoms with Gasteiger partial charge in [-0.3, -0.25) is 14.6 Å². The first-order valence-corrected chi connectivity index (χ1v) is 19.8. The van der Waals surface area contributed by atoms with Gasteiger partial charge in [-0.1, -0.05) is 54.1 Å². The van der Waals surface area contributed by atoms with Crippen LogP contribution in [0, 0.1) is 6.92 Å². The van der Waals surface area contributed by atoms with Gasteiger partial charge in [0.05, 0.1) is 6.54 Å². The van der Waals surface area contributed by atoms with Crippen LogP contribution < -0.4 is 24.0 Å². The van der Waals surface area contributed by atoms with E-state index in [1.54, 1.807) is 40.7 Å². The lowest BCUT2D eigenvalue weighted by Gasteiger charge is -2.35. The molecule has 4 aromatic carbocycles. The minimum Gasteiger partial charge on any atom is -0.426 e.